The van der Waals surface area contributed by atoms with Gasteiger partial charge in [-0.25, -0.2) is 4.79 Å². The monoisotopic (exact) mass is 330 g/mol. The number of hydrogen-bond donors (Lipinski definition) is 1. The molecular weight excluding hydrogens is 304 g/mol. The van der Waals surface area contributed by atoms with Crippen LogP contribution in [-0.2, 0) is 4.79 Å². The minimum atomic E-state index is -1.24. The molecule has 130 valence electrons. The fraction of sp³-hybridized carbons (Fsp3) is 0.474. The van der Waals surface area contributed by atoms with Crippen LogP contribution >= 0.6 is 0 Å². The highest BCUT2D eigenvalue weighted by Gasteiger charge is 2.12. The number of carboxylic acids is 1. The van der Waals surface area contributed by atoms with E-state index in [-0.39, 0.29) is 5.57 Å². The van der Waals surface area contributed by atoms with E-state index in [1.54, 1.807) is 19.2 Å². The molecule has 0 atom stereocenters. The van der Waals surface area contributed by atoms with E-state index >= 15 is 0 Å². The molecule has 1 N–H and O–H groups in total. The molecule has 5 heteroatoms. The van der Waals surface area contributed by atoms with Gasteiger partial charge in [0, 0.05) is 30.4 Å². The summed E-state index contributed by atoms with van der Waals surface area (Å²) in [5.74, 6) is -0.671. The van der Waals surface area contributed by atoms with Crippen molar-refractivity contribution in [2.45, 2.75) is 39.5 Å². The van der Waals surface area contributed by atoms with E-state index < -0.39 is 5.97 Å². The molecule has 0 fully saturated rings. The lowest BCUT2D eigenvalue weighted by Gasteiger charge is -2.25. The molecule has 1 aromatic rings. The second-order valence-corrected chi connectivity index (χ2v) is 5.60. The van der Waals surface area contributed by atoms with Crippen LogP contribution in [0.25, 0.3) is 6.08 Å². The molecule has 0 unspecified atom stereocenters. The van der Waals surface area contributed by atoms with Crippen molar-refractivity contribution < 1.29 is 14.6 Å². The summed E-state index contributed by atoms with van der Waals surface area (Å²) in [7, 11) is 1.55. The van der Waals surface area contributed by atoms with Gasteiger partial charge in [-0.2, -0.15) is 5.26 Å². The van der Waals surface area contributed by atoms with Gasteiger partial charge in [0.1, 0.15) is 17.4 Å². The molecule has 1 aromatic carbocycles. The molecule has 5 nitrogen and oxygen atoms in total. The zero-order chi connectivity index (χ0) is 17.9. The van der Waals surface area contributed by atoms with Crippen molar-refractivity contribution in [3.63, 3.8) is 0 Å². The van der Waals surface area contributed by atoms with Crippen molar-refractivity contribution in [2.75, 3.05) is 25.1 Å². The highest BCUT2D eigenvalue weighted by Crippen LogP contribution is 2.28. The molecule has 0 bridgehead atoms. The quantitative estimate of drug-likeness (QED) is 0.516. The minimum absolute atomic E-state index is 0.310. The van der Waals surface area contributed by atoms with Crippen LogP contribution in [0.3, 0.4) is 0 Å². The Kier molecular flexibility index (Phi) is 8.42. The molecule has 0 saturated carbocycles. The van der Waals surface area contributed by atoms with Crippen molar-refractivity contribution in [1.82, 2.24) is 0 Å². The fourth-order valence-corrected chi connectivity index (χ4v) is 2.38. The Morgan fingerprint density at radius 1 is 1.29 bits per heavy atom. The lowest BCUT2D eigenvalue weighted by Crippen LogP contribution is -2.25. The molecule has 0 aliphatic carbocycles. The number of anilines is 1. The maximum absolute atomic E-state index is 11.0. The molecular formula is C19H26N2O3. The van der Waals surface area contributed by atoms with E-state index in [0.717, 1.165) is 44.5 Å². The normalized spacial score (nSPS) is 11.0. The molecule has 0 radical (unpaired) electrons. The molecule has 24 heavy (non-hydrogen) atoms. The van der Waals surface area contributed by atoms with E-state index in [9.17, 15) is 4.79 Å². The van der Waals surface area contributed by atoms with Gasteiger partial charge in [-0.1, -0.05) is 26.7 Å². The summed E-state index contributed by atoms with van der Waals surface area (Å²) in [4.78, 5) is 13.3. The number of rotatable bonds is 10. The van der Waals surface area contributed by atoms with E-state index in [1.165, 1.54) is 6.08 Å². The minimum Gasteiger partial charge on any atom is -0.496 e. The molecule has 0 amide bonds. The average molecular weight is 330 g/mol. The molecule has 1 rings (SSSR count). The van der Waals surface area contributed by atoms with Gasteiger partial charge in [0.15, 0.2) is 0 Å². The van der Waals surface area contributed by atoms with Gasteiger partial charge in [0.2, 0.25) is 0 Å². The third-order valence-corrected chi connectivity index (χ3v) is 3.80. The van der Waals surface area contributed by atoms with Gasteiger partial charge in [0.25, 0.3) is 0 Å². The van der Waals surface area contributed by atoms with E-state index in [1.807, 2.05) is 12.1 Å². The highest BCUT2D eigenvalue weighted by molar-refractivity contribution is 5.97. The number of aliphatic carboxylic acids is 1. The predicted molar refractivity (Wildman–Crippen MR) is 96.2 cm³/mol. The van der Waals surface area contributed by atoms with Crippen LogP contribution in [-0.4, -0.2) is 31.3 Å². The largest absolute Gasteiger partial charge is 0.496 e. The van der Waals surface area contributed by atoms with Crippen LogP contribution in [0.1, 0.15) is 45.1 Å². The number of carbonyl (C=O) groups is 1. The van der Waals surface area contributed by atoms with E-state index in [4.69, 9.17) is 15.1 Å². The summed E-state index contributed by atoms with van der Waals surface area (Å²) in [6.07, 6.45) is 5.83. The summed E-state index contributed by atoms with van der Waals surface area (Å²) in [6, 6.07) is 7.36. The second kappa shape index (κ2) is 10.3. The maximum Gasteiger partial charge on any atom is 0.346 e. The van der Waals surface area contributed by atoms with Gasteiger partial charge >= 0.3 is 5.97 Å². The SMILES string of the molecule is CCCCN(CCCC)c1ccc(/C=C(\C#N)C(=O)O)c(OC)c1. The summed E-state index contributed by atoms with van der Waals surface area (Å²) < 4.78 is 5.40. The summed E-state index contributed by atoms with van der Waals surface area (Å²) >= 11 is 0. The zero-order valence-electron chi connectivity index (χ0n) is 14.7. The number of hydrogen-bond acceptors (Lipinski definition) is 4. The molecule has 0 spiro atoms. The van der Waals surface area contributed by atoms with Crippen LogP contribution in [0.4, 0.5) is 5.69 Å². The summed E-state index contributed by atoms with van der Waals surface area (Å²) in [5.41, 5.74) is 1.33. The molecule has 0 aromatic heterocycles. The third kappa shape index (κ3) is 5.62. The number of nitriles is 1. The molecule has 0 aliphatic heterocycles. The van der Waals surface area contributed by atoms with Crippen LogP contribution in [0, 0.1) is 11.3 Å². The Labute approximate surface area is 144 Å². The molecule has 0 saturated heterocycles. The van der Waals surface area contributed by atoms with Crippen molar-refractivity contribution >= 4 is 17.7 Å². The first-order valence-corrected chi connectivity index (χ1v) is 8.35. The first-order chi connectivity index (χ1) is 11.6. The number of ether oxygens (including phenoxy) is 1. The van der Waals surface area contributed by atoms with E-state index in [2.05, 4.69) is 18.7 Å². The van der Waals surface area contributed by atoms with E-state index in [0.29, 0.717) is 11.3 Å². The van der Waals surface area contributed by atoms with Gasteiger partial charge in [-0.05, 0) is 31.1 Å². The van der Waals surface area contributed by atoms with Crippen molar-refractivity contribution in [2.24, 2.45) is 0 Å². The van der Waals surface area contributed by atoms with Crippen LogP contribution in [0.15, 0.2) is 23.8 Å². The molecule has 0 aliphatic rings. The van der Waals surface area contributed by atoms with Gasteiger partial charge in [0.05, 0.1) is 7.11 Å². The third-order valence-electron chi connectivity index (χ3n) is 3.80. The second-order valence-electron chi connectivity index (χ2n) is 5.60. The van der Waals surface area contributed by atoms with Crippen LogP contribution in [0.2, 0.25) is 0 Å². The fourth-order valence-electron chi connectivity index (χ4n) is 2.38. The lowest BCUT2D eigenvalue weighted by molar-refractivity contribution is -0.132. The van der Waals surface area contributed by atoms with Crippen molar-refractivity contribution in [3.05, 3.63) is 29.3 Å². The number of unbranched alkanes of at least 4 members (excludes halogenated alkanes) is 2. The van der Waals surface area contributed by atoms with Gasteiger partial charge in [-0.3, -0.25) is 0 Å². The maximum atomic E-state index is 11.0. The zero-order valence-corrected chi connectivity index (χ0v) is 14.7. The predicted octanol–water partition coefficient (Wildman–Crippen LogP) is 4.09. The van der Waals surface area contributed by atoms with Gasteiger partial charge < -0.3 is 14.7 Å². The summed E-state index contributed by atoms with van der Waals surface area (Å²) in [6.45, 7) is 6.30. The Bertz CT molecular complexity index is 610. The Balaban J connectivity index is 3.14. The van der Waals surface area contributed by atoms with Crippen LogP contribution < -0.4 is 9.64 Å². The highest BCUT2D eigenvalue weighted by atomic mass is 16.5. The summed E-state index contributed by atoms with van der Waals surface area (Å²) in [5, 5.41) is 17.9. The number of carboxylic acid groups (broad SMARTS) is 1. The standard InChI is InChI=1S/C19H26N2O3/c1-4-6-10-21(11-7-5-2)17-9-8-15(18(13-17)24-3)12-16(14-20)19(22)23/h8-9,12-13H,4-7,10-11H2,1-3H3,(H,22,23)/b16-12+. The van der Waals surface area contributed by atoms with Crippen LogP contribution in [0.5, 0.6) is 5.75 Å². The number of benzene rings is 1. The average Bonchev–Trinajstić information content (AvgIpc) is 2.59. The number of nitrogens with zero attached hydrogens (tertiary/aromatic N) is 2. The Hall–Kier alpha value is -2.48. The van der Waals surface area contributed by atoms with Gasteiger partial charge in [-0.15, -0.1) is 0 Å². The number of methoxy groups -OCH3 is 1. The Morgan fingerprint density at radius 2 is 1.92 bits per heavy atom. The first-order valence-electron chi connectivity index (χ1n) is 8.35. The smallest absolute Gasteiger partial charge is 0.346 e. The molecule has 0 heterocycles. The van der Waals surface area contributed by atoms with Crippen molar-refractivity contribution in [3.8, 4) is 11.8 Å². The topological polar surface area (TPSA) is 73.6 Å². The first kappa shape index (κ1) is 19.6. The van der Waals surface area contributed by atoms with Crippen molar-refractivity contribution in [1.29, 1.82) is 5.26 Å². The lowest BCUT2D eigenvalue weighted by atomic mass is 10.1. The Morgan fingerprint density at radius 3 is 2.38 bits per heavy atom.